The molecule has 0 N–H and O–H groups in total. The molecule has 0 bridgehead atoms. The van der Waals surface area contributed by atoms with Crippen LogP contribution in [0, 0.1) is 0 Å². The Kier molecular flexibility index (Phi) is 5.65. The molecule has 2 rings (SSSR count). The van der Waals surface area contributed by atoms with Crippen LogP contribution in [0.5, 0.6) is 0 Å². The average molecular weight is 294 g/mol. The minimum Gasteiger partial charge on any atom is -0.299 e. The Morgan fingerprint density at radius 2 is 1.36 bits per heavy atom. The predicted molar refractivity (Wildman–Crippen MR) is 90.1 cm³/mol. The summed E-state index contributed by atoms with van der Waals surface area (Å²) in [5.41, 5.74) is 4.18. The average Bonchev–Trinajstić information content (AvgIpc) is 2.56. The van der Waals surface area contributed by atoms with Gasteiger partial charge in [0.1, 0.15) is 5.78 Å². The number of carbonyl (C=O) groups is 2. The number of aryl methyl sites for hydroxylation is 1. The van der Waals surface area contributed by atoms with Crippen LogP contribution in [-0.4, -0.2) is 11.6 Å². The molecule has 114 valence electrons. The van der Waals surface area contributed by atoms with Gasteiger partial charge in [0.25, 0.3) is 0 Å². The van der Waals surface area contributed by atoms with E-state index in [2.05, 4.69) is 31.2 Å². The van der Waals surface area contributed by atoms with Crippen LogP contribution < -0.4 is 0 Å². The van der Waals surface area contributed by atoms with E-state index in [-0.39, 0.29) is 18.0 Å². The van der Waals surface area contributed by atoms with Crippen molar-refractivity contribution in [1.29, 1.82) is 0 Å². The lowest BCUT2D eigenvalue weighted by molar-refractivity contribution is -0.117. The lowest BCUT2D eigenvalue weighted by Crippen LogP contribution is -2.06. The Hall–Kier alpha value is -2.22. The maximum absolute atomic E-state index is 12.0. The molecule has 22 heavy (non-hydrogen) atoms. The molecule has 0 radical (unpaired) electrons. The van der Waals surface area contributed by atoms with Crippen molar-refractivity contribution in [3.63, 3.8) is 0 Å². The quantitative estimate of drug-likeness (QED) is 0.540. The molecular formula is C20H22O2. The van der Waals surface area contributed by atoms with Crippen molar-refractivity contribution in [1.82, 2.24) is 0 Å². The summed E-state index contributed by atoms with van der Waals surface area (Å²) in [6.45, 7) is 3.95. The molecule has 0 aliphatic rings. The minimum absolute atomic E-state index is 0.00155. The molecule has 0 spiro atoms. The van der Waals surface area contributed by atoms with E-state index < -0.39 is 0 Å². The molecule has 0 aliphatic heterocycles. The third-order valence-electron chi connectivity index (χ3n) is 3.78. The highest BCUT2D eigenvalue weighted by Gasteiger charge is 2.10. The molecule has 2 aromatic carbocycles. The summed E-state index contributed by atoms with van der Waals surface area (Å²) in [5, 5.41) is 0. The fourth-order valence-electron chi connectivity index (χ4n) is 2.41. The molecule has 2 nitrogen and oxygen atoms in total. The summed E-state index contributed by atoms with van der Waals surface area (Å²) >= 11 is 0. The number of carbonyl (C=O) groups excluding carboxylic acids is 2. The van der Waals surface area contributed by atoms with Crippen molar-refractivity contribution in [3.05, 3.63) is 59.7 Å². The third kappa shape index (κ3) is 4.14. The van der Waals surface area contributed by atoms with Gasteiger partial charge in [-0.2, -0.15) is 0 Å². The largest absolute Gasteiger partial charge is 0.299 e. The van der Waals surface area contributed by atoms with Crippen molar-refractivity contribution in [2.24, 2.45) is 0 Å². The second-order valence-corrected chi connectivity index (χ2v) is 5.52. The fourth-order valence-corrected chi connectivity index (χ4v) is 2.41. The lowest BCUT2D eigenvalue weighted by Gasteiger charge is -2.05. The van der Waals surface area contributed by atoms with Gasteiger partial charge < -0.3 is 0 Å². The fraction of sp³-hybridized carbons (Fsp3) is 0.300. The first kappa shape index (κ1) is 16.2. The molecule has 0 unspecified atom stereocenters. The second kappa shape index (κ2) is 7.69. The highest BCUT2D eigenvalue weighted by molar-refractivity contribution is 6.08. The van der Waals surface area contributed by atoms with Crippen LogP contribution in [0.3, 0.4) is 0 Å². The van der Waals surface area contributed by atoms with Crippen molar-refractivity contribution in [2.75, 3.05) is 0 Å². The van der Waals surface area contributed by atoms with E-state index in [0.717, 1.165) is 24.0 Å². The smallest absolute Gasteiger partial charge is 0.170 e. The van der Waals surface area contributed by atoms with Crippen LogP contribution in [0.4, 0.5) is 0 Å². The monoisotopic (exact) mass is 294 g/mol. The zero-order valence-corrected chi connectivity index (χ0v) is 13.3. The van der Waals surface area contributed by atoms with Crippen LogP contribution in [0.2, 0.25) is 0 Å². The highest BCUT2D eigenvalue weighted by atomic mass is 16.1. The number of rotatable bonds is 7. The van der Waals surface area contributed by atoms with E-state index in [4.69, 9.17) is 0 Å². The van der Waals surface area contributed by atoms with Crippen LogP contribution in [-0.2, 0) is 11.2 Å². The molecule has 0 aliphatic carbocycles. The summed E-state index contributed by atoms with van der Waals surface area (Å²) in [7, 11) is 0. The molecule has 0 saturated heterocycles. The second-order valence-electron chi connectivity index (χ2n) is 5.52. The van der Waals surface area contributed by atoms with Crippen LogP contribution in [0.1, 0.15) is 49.0 Å². The van der Waals surface area contributed by atoms with Gasteiger partial charge in [0.15, 0.2) is 5.78 Å². The van der Waals surface area contributed by atoms with E-state index in [9.17, 15) is 9.59 Å². The van der Waals surface area contributed by atoms with Gasteiger partial charge in [-0.1, -0.05) is 68.8 Å². The van der Waals surface area contributed by atoms with Crippen molar-refractivity contribution < 1.29 is 9.59 Å². The summed E-state index contributed by atoms with van der Waals surface area (Å²) in [6, 6.07) is 16.0. The minimum atomic E-state index is -0.100. The third-order valence-corrected chi connectivity index (χ3v) is 3.78. The van der Waals surface area contributed by atoms with Gasteiger partial charge in [0.05, 0.1) is 6.42 Å². The molecule has 0 fully saturated rings. The SMILES string of the molecule is CCCc1ccc(-c2ccc(C(=O)CC(=O)CC)cc2)cc1. The van der Waals surface area contributed by atoms with Gasteiger partial charge in [-0.25, -0.2) is 0 Å². The van der Waals surface area contributed by atoms with E-state index in [1.54, 1.807) is 19.1 Å². The maximum atomic E-state index is 12.0. The Labute approximate surface area is 132 Å². The number of Topliss-reactive ketones (excluding diaryl/α,β-unsaturated/α-hetero) is 2. The summed E-state index contributed by atoms with van der Waals surface area (Å²) in [6.07, 6.45) is 2.65. The zero-order valence-electron chi connectivity index (χ0n) is 13.3. The number of hydrogen-bond donors (Lipinski definition) is 0. The number of benzene rings is 2. The molecular weight excluding hydrogens is 272 g/mol. The number of ketones is 2. The first-order valence-corrected chi connectivity index (χ1v) is 7.88. The molecule has 0 amide bonds. The van der Waals surface area contributed by atoms with Gasteiger partial charge in [-0.15, -0.1) is 0 Å². The van der Waals surface area contributed by atoms with Crippen molar-refractivity contribution >= 4 is 11.6 Å². The maximum Gasteiger partial charge on any atom is 0.170 e. The summed E-state index contributed by atoms with van der Waals surface area (Å²) in [4.78, 5) is 23.3. The normalized spacial score (nSPS) is 10.5. The van der Waals surface area contributed by atoms with Gasteiger partial charge in [0.2, 0.25) is 0 Å². The van der Waals surface area contributed by atoms with E-state index >= 15 is 0 Å². The van der Waals surface area contributed by atoms with Crippen LogP contribution >= 0.6 is 0 Å². The van der Waals surface area contributed by atoms with Gasteiger partial charge >= 0.3 is 0 Å². The Balaban J connectivity index is 2.11. The van der Waals surface area contributed by atoms with E-state index in [0.29, 0.717) is 12.0 Å². The standard InChI is InChI=1S/C20H22O2/c1-3-5-15-6-8-16(9-7-15)17-10-12-18(13-11-17)20(22)14-19(21)4-2/h6-13H,3-5,14H2,1-2H3. The lowest BCUT2D eigenvalue weighted by atomic mass is 9.99. The van der Waals surface area contributed by atoms with Gasteiger partial charge in [0, 0.05) is 12.0 Å². The first-order chi connectivity index (χ1) is 10.6. The van der Waals surface area contributed by atoms with Gasteiger partial charge in [-0.3, -0.25) is 9.59 Å². The Morgan fingerprint density at radius 3 is 1.86 bits per heavy atom. The molecule has 0 heterocycles. The predicted octanol–water partition coefficient (Wildman–Crippen LogP) is 4.86. The van der Waals surface area contributed by atoms with Crippen LogP contribution in [0.15, 0.2) is 48.5 Å². The summed E-state index contributed by atoms with van der Waals surface area (Å²) < 4.78 is 0. The van der Waals surface area contributed by atoms with Crippen molar-refractivity contribution in [3.8, 4) is 11.1 Å². The van der Waals surface area contributed by atoms with Gasteiger partial charge in [-0.05, 0) is 23.1 Å². The highest BCUT2D eigenvalue weighted by Crippen LogP contribution is 2.21. The Morgan fingerprint density at radius 1 is 0.818 bits per heavy atom. The molecule has 2 heteroatoms. The zero-order chi connectivity index (χ0) is 15.9. The molecule has 2 aromatic rings. The summed E-state index contributed by atoms with van der Waals surface area (Å²) in [5.74, 6) is -0.114. The van der Waals surface area contributed by atoms with Crippen molar-refractivity contribution in [2.45, 2.75) is 39.5 Å². The van der Waals surface area contributed by atoms with Crippen LogP contribution in [0.25, 0.3) is 11.1 Å². The molecule has 0 atom stereocenters. The van der Waals surface area contributed by atoms with E-state index in [1.165, 1.54) is 5.56 Å². The molecule has 0 aromatic heterocycles. The topological polar surface area (TPSA) is 34.1 Å². The molecule has 0 saturated carbocycles. The number of hydrogen-bond acceptors (Lipinski definition) is 2. The Bertz CT molecular complexity index is 636. The van der Waals surface area contributed by atoms with E-state index in [1.807, 2.05) is 12.1 Å². The first-order valence-electron chi connectivity index (χ1n) is 7.88.